The van der Waals surface area contributed by atoms with Gasteiger partial charge in [0.25, 0.3) is 0 Å². The van der Waals surface area contributed by atoms with Crippen LogP contribution in [0.15, 0.2) is 53.3 Å². The standard InChI is InChI=1S/C18H17Cl2N5O2/c1-24-16(12-5-3-2-4-6-12)23-25(18(24)27)10-9-21-17(26)22-13-7-8-14(19)15(20)11-13/h2-8,11H,9-10H2,1H3,(H2,21,22,26). The fourth-order valence-electron chi connectivity index (χ4n) is 2.50. The second-order valence-electron chi connectivity index (χ2n) is 5.76. The average molecular weight is 406 g/mol. The quantitative estimate of drug-likeness (QED) is 0.682. The van der Waals surface area contributed by atoms with E-state index in [4.69, 9.17) is 23.2 Å². The molecule has 0 saturated carbocycles. The number of urea groups is 1. The van der Waals surface area contributed by atoms with Crippen molar-refractivity contribution >= 4 is 34.9 Å². The molecule has 9 heteroatoms. The van der Waals surface area contributed by atoms with E-state index in [0.717, 1.165) is 5.56 Å². The van der Waals surface area contributed by atoms with Crippen LogP contribution in [-0.4, -0.2) is 26.9 Å². The topological polar surface area (TPSA) is 81.0 Å². The third kappa shape index (κ3) is 4.50. The van der Waals surface area contributed by atoms with E-state index in [1.165, 1.54) is 9.25 Å². The molecule has 2 N–H and O–H groups in total. The van der Waals surface area contributed by atoms with Crippen molar-refractivity contribution < 1.29 is 4.79 Å². The van der Waals surface area contributed by atoms with Gasteiger partial charge in [-0.3, -0.25) is 4.57 Å². The molecule has 0 aliphatic rings. The van der Waals surface area contributed by atoms with E-state index in [1.54, 1.807) is 25.2 Å². The molecule has 0 unspecified atom stereocenters. The van der Waals surface area contributed by atoms with Gasteiger partial charge in [-0.1, -0.05) is 53.5 Å². The van der Waals surface area contributed by atoms with E-state index in [1.807, 2.05) is 30.3 Å². The molecule has 0 fully saturated rings. The Morgan fingerprint density at radius 3 is 2.56 bits per heavy atom. The maximum Gasteiger partial charge on any atom is 0.345 e. The van der Waals surface area contributed by atoms with Gasteiger partial charge in [0, 0.05) is 24.8 Å². The van der Waals surface area contributed by atoms with Crippen molar-refractivity contribution in [3.63, 3.8) is 0 Å². The van der Waals surface area contributed by atoms with Crippen LogP contribution in [0.3, 0.4) is 0 Å². The Morgan fingerprint density at radius 1 is 1.11 bits per heavy atom. The summed E-state index contributed by atoms with van der Waals surface area (Å²) in [6.07, 6.45) is 0. The molecule has 1 heterocycles. The van der Waals surface area contributed by atoms with Crippen LogP contribution < -0.4 is 16.3 Å². The Kier molecular flexibility index (Phi) is 5.83. The molecule has 3 rings (SSSR count). The third-order valence-corrected chi connectivity index (χ3v) is 4.60. The van der Waals surface area contributed by atoms with Crippen molar-refractivity contribution in [3.05, 3.63) is 69.1 Å². The van der Waals surface area contributed by atoms with Gasteiger partial charge in [0.15, 0.2) is 5.82 Å². The average Bonchev–Trinajstić information content (AvgIpc) is 2.94. The molecule has 3 aromatic rings. The van der Waals surface area contributed by atoms with E-state index < -0.39 is 6.03 Å². The summed E-state index contributed by atoms with van der Waals surface area (Å²) < 4.78 is 2.80. The summed E-state index contributed by atoms with van der Waals surface area (Å²) in [7, 11) is 1.67. The van der Waals surface area contributed by atoms with Gasteiger partial charge in [-0.2, -0.15) is 0 Å². The number of nitrogens with one attached hydrogen (secondary N) is 2. The van der Waals surface area contributed by atoms with Crippen molar-refractivity contribution in [2.45, 2.75) is 6.54 Å². The molecule has 0 aliphatic heterocycles. The Hall–Kier alpha value is -2.77. The van der Waals surface area contributed by atoms with Gasteiger partial charge in [0.1, 0.15) is 0 Å². The van der Waals surface area contributed by atoms with Crippen molar-refractivity contribution in [1.82, 2.24) is 19.7 Å². The number of rotatable bonds is 5. The molecular weight excluding hydrogens is 389 g/mol. The van der Waals surface area contributed by atoms with E-state index in [0.29, 0.717) is 21.6 Å². The van der Waals surface area contributed by atoms with Crippen molar-refractivity contribution in [3.8, 4) is 11.4 Å². The minimum Gasteiger partial charge on any atom is -0.336 e. The molecule has 140 valence electrons. The molecule has 0 bridgehead atoms. The molecule has 0 saturated heterocycles. The van der Waals surface area contributed by atoms with Gasteiger partial charge in [0.05, 0.1) is 16.6 Å². The van der Waals surface area contributed by atoms with Gasteiger partial charge in [-0.15, -0.1) is 5.10 Å². The SMILES string of the molecule is Cn1c(-c2ccccc2)nn(CCNC(=O)Nc2ccc(Cl)c(Cl)c2)c1=O. The first-order valence-electron chi connectivity index (χ1n) is 8.15. The number of amides is 2. The molecule has 2 amide bonds. The Balaban J connectivity index is 1.60. The number of carbonyl (C=O) groups excluding carboxylic acids is 1. The highest BCUT2D eigenvalue weighted by molar-refractivity contribution is 6.42. The fraction of sp³-hybridized carbons (Fsp3) is 0.167. The number of hydrogen-bond acceptors (Lipinski definition) is 3. The van der Waals surface area contributed by atoms with Crippen molar-refractivity contribution in [1.29, 1.82) is 0 Å². The van der Waals surface area contributed by atoms with E-state index in [-0.39, 0.29) is 18.8 Å². The van der Waals surface area contributed by atoms with Crippen LogP contribution in [0.2, 0.25) is 10.0 Å². The first-order chi connectivity index (χ1) is 13.0. The van der Waals surface area contributed by atoms with Gasteiger partial charge in [-0.05, 0) is 18.2 Å². The largest absolute Gasteiger partial charge is 0.345 e. The molecule has 0 spiro atoms. The van der Waals surface area contributed by atoms with Crippen LogP contribution in [0.5, 0.6) is 0 Å². The number of halogens is 2. The number of anilines is 1. The molecule has 27 heavy (non-hydrogen) atoms. The van der Waals surface area contributed by atoms with Crippen LogP contribution in [-0.2, 0) is 13.6 Å². The highest BCUT2D eigenvalue weighted by Crippen LogP contribution is 2.24. The van der Waals surface area contributed by atoms with Crippen LogP contribution in [0.4, 0.5) is 10.5 Å². The predicted octanol–water partition coefficient (Wildman–Crippen LogP) is 3.38. The number of hydrogen-bond donors (Lipinski definition) is 2. The summed E-state index contributed by atoms with van der Waals surface area (Å²) in [4.78, 5) is 24.3. The van der Waals surface area contributed by atoms with Crippen molar-refractivity contribution in [2.24, 2.45) is 7.05 Å². The second-order valence-corrected chi connectivity index (χ2v) is 6.58. The number of aromatic nitrogens is 3. The predicted molar refractivity (Wildman–Crippen MR) is 106 cm³/mol. The first-order valence-corrected chi connectivity index (χ1v) is 8.90. The summed E-state index contributed by atoms with van der Waals surface area (Å²) >= 11 is 11.8. The van der Waals surface area contributed by atoms with E-state index in [9.17, 15) is 9.59 Å². The van der Waals surface area contributed by atoms with Crippen LogP contribution in [0.25, 0.3) is 11.4 Å². The smallest absolute Gasteiger partial charge is 0.336 e. The minimum absolute atomic E-state index is 0.234. The Morgan fingerprint density at radius 2 is 1.85 bits per heavy atom. The monoisotopic (exact) mass is 405 g/mol. The maximum absolute atomic E-state index is 12.3. The molecular formula is C18H17Cl2N5O2. The van der Waals surface area contributed by atoms with E-state index >= 15 is 0 Å². The summed E-state index contributed by atoms with van der Waals surface area (Å²) in [5.74, 6) is 0.570. The lowest BCUT2D eigenvalue weighted by Gasteiger charge is -2.08. The number of carbonyl (C=O) groups is 1. The Bertz CT molecular complexity index is 1010. The van der Waals surface area contributed by atoms with Crippen LogP contribution in [0.1, 0.15) is 0 Å². The lowest BCUT2D eigenvalue weighted by molar-refractivity contribution is 0.251. The fourth-order valence-corrected chi connectivity index (χ4v) is 2.79. The lowest BCUT2D eigenvalue weighted by atomic mass is 10.2. The zero-order valence-corrected chi connectivity index (χ0v) is 16.0. The normalized spacial score (nSPS) is 10.6. The molecule has 7 nitrogen and oxygen atoms in total. The van der Waals surface area contributed by atoms with Crippen LogP contribution in [0, 0.1) is 0 Å². The molecule has 0 aliphatic carbocycles. The summed E-state index contributed by atoms with van der Waals surface area (Å²) in [6.45, 7) is 0.479. The second kappa shape index (κ2) is 8.28. The first kappa shape index (κ1) is 19.0. The highest BCUT2D eigenvalue weighted by Gasteiger charge is 2.12. The van der Waals surface area contributed by atoms with Gasteiger partial charge in [0.2, 0.25) is 0 Å². The van der Waals surface area contributed by atoms with Crippen LogP contribution >= 0.6 is 23.2 Å². The van der Waals surface area contributed by atoms with Gasteiger partial charge >= 0.3 is 11.7 Å². The van der Waals surface area contributed by atoms with E-state index in [2.05, 4.69) is 15.7 Å². The lowest BCUT2D eigenvalue weighted by Crippen LogP contribution is -2.34. The zero-order chi connectivity index (χ0) is 19.4. The van der Waals surface area contributed by atoms with Gasteiger partial charge in [-0.25, -0.2) is 14.3 Å². The minimum atomic E-state index is -0.416. The molecule has 1 aromatic heterocycles. The molecule has 0 radical (unpaired) electrons. The van der Waals surface area contributed by atoms with Crippen molar-refractivity contribution in [2.75, 3.05) is 11.9 Å². The number of nitrogens with zero attached hydrogens (tertiary/aromatic N) is 3. The molecule has 0 atom stereocenters. The summed E-state index contributed by atoms with van der Waals surface area (Å²) in [5.41, 5.74) is 1.12. The highest BCUT2D eigenvalue weighted by atomic mass is 35.5. The summed E-state index contributed by atoms with van der Waals surface area (Å²) in [5, 5.41) is 10.4. The maximum atomic E-state index is 12.3. The summed E-state index contributed by atoms with van der Waals surface area (Å²) in [6, 6.07) is 13.8. The Labute approximate surface area is 165 Å². The molecule has 2 aromatic carbocycles. The third-order valence-electron chi connectivity index (χ3n) is 3.86. The number of benzene rings is 2. The zero-order valence-electron chi connectivity index (χ0n) is 14.4. The van der Waals surface area contributed by atoms with Gasteiger partial charge < -0.3 is 10.6 Å².